The lowest BCUT2D eigenvalue weighted by atomic mass is 10.0. The van der Waals surface area contributed by atoms with Crippen LogP contribution < -0.4 is 5.32 Å². The van der Waals surface area contributed by atoms with Gasteiger partial charge in [0.2, 0.25) is 5.91 Å². The number of carbonyl (C=O) groups excluding carboxylic acids is 1. The summed E-state index contributed by atoms with van der Waals surface area (Å²) in [5, 5.41) is 10.1. The first kappa shape index (κ1) is 22.3. The summed E-state index contributed by atoms with van der Waals surface area (Å²) in [6.45, 7) is 1.55. The van der Waals surface area contributed by atoms with E-state index < -0.39 is 0 Å². The van der Waals surface area contributed by atoms with Gasteiger partial charge in [-0.1, -0.05) is 17.7 Å². The maximum Gasteiger partial charge on any atom is 0.290 e. The van der Waals surface area contributed by atoms with E-state index in [-0.39, 0.29) is 30.7 Å². The highest BCUT2D eigenvalue weighted by molar-refractivity contribution is 6.31. The van der Waals surface area contributed by atoms with Crippen molar-refractivity contribution in [2.24, 2.45) is 5.92 Å². The first-order valence-electron chi connectivity index (χ1n) is 8.43. The van der Waals surface area contributed by atoms with Gasteiger partial charge in [0.05, 0.1) is 5.92 Å². The maximum atomic E-state index is 13.8. The Balaban J connectivity index is 0.00000105. The van der Waals surface area contributed by atoms with Gasteiger partial charge in [-0.05, 0) is 46.1 Å². The Kier molecular flexibility index (Phi) is 9.54. The zero-order chi connectivity index (χ0) is 19.7. The van der Waals surface area contributed by atoms with Crippen molar-refractivity contribution in [1.29, 1.82) is 0 Å². The lowest BCUT2D eigenvalue weighted by Crippen LogP contribution is -2.39. The molecule has 1 saturated heterocycles. The molecule has 0 saturated carbocycles. The standard InChI is InChI=1S/C17H25ClFN3O.CH2O2/c1-21(2)13-8-7-12(10-22(3)11-13)17(23)20-9-14-15(18)5-4-6-16(14)19;2-1-3/h4-6,12-13H,7-11H2,1-3H3,(H,20,23);1H,(H,2,3)/t12-,13+;/m1./s1. The average molecular weight is 388 g/mol. The van der Waals surface area contributed by atoms with Gasteiger partial charge in [-0.15, -0.1) is 0 Å². The molecular weight excluding hydrogens is 361 g/mol. The highest BCUT2D eigenvalue weighted by Crippen LogP contribution is 2.21. The van der Waals surface area contributed by atoms with E-state index in [1.54, 1.807) is 12.1 Å². The quantitative estimate of drug-likeness (QED) is 0.774. The van der Waals surface area contributed by atoms with Crippen LogP contribution in [0.25, 0.3) is 0 Å². The van der Waals surface area contributed by atoms with E-state index in [0.29, 0.717) is 16.6 Å². The molecule has 1 aromatic rings. The first-order chi connectivity index (χ1) is 12.3. The Morgan fingerprint density at radius 3 is 2.65 bits per heavy atom. The maximum absolute atomic E-state index is 13.8. The van der Waals surface area contributed by atoms with Gasteiger partial charge in [-0.25, -0.2) is 4.39 Å². The van der Waals surface area contributed by atoms with Gasteiger partial charge < -0.3 is 20.2 Å². The van der Waals surface area contributed by atoms with Gasteiger partial charge >= 0.3 is 0 Å². The van der Waals surface area contributed by atoms with Crippen LogP contribution in [-0.4, -0.2) is 67.6 Å². The molecule has 0 spiro atoms. The van der Waals surface area contributed by atoms with Crippen molar-refractivity contribution < 1.29 is 19.1 Å². The summed E-state index contributed by atoms with van der Waals surface area (Å²) >= 11 is 6.00. The second-order valence-electron chi connectivity index (χ2n) is 6.64. The minimum atomic E-state index is -0.386. The summed E-state index contributed by atoms with van der Waals surface area (Å²) in [6.07, 6.45) is 1.82. The van der Waals surface area contributed by atoms with Crippen molar-refractivity contribution in [3.63, 3.8) is 0 Å². The number of hydrogen-bond donors (Lipinski definition) is 2. The van der Waals surface area contributed by atoms with E-state index in [1.165, 1.54) is 6.07 Å². The van der Waals surface area contributed by atoms with E-state index in [4.69, 9.17) is 21.5 Å². The van der Waals surface area contributed by atoms with Crippen LogP contribution in [0.2, 0.25) is 5.02 Å². The molecule has 0 unspecified atom stereocenters. The van der Waals surface area contributed by atoms with Crippen molar-refractivity contribution in [1.82, 2.24) is 15.1 Å². The smallest absolute Gasteiger partial charge is 0.290 e. The topological polar surface area (TPSA) is 72.9 Å². The number of nitrogens with one attached hydrogen (secondary N) is 1. The molecule has 6 nitrogen and oxygen atoms in total. The molecule has 2 N–H and O–H groups in total. The van der Waals surface area contributed by atoms with E-state index >= 15 is 0 Å². The zero-order valence-electron chi connectivity index (χ0n) is 15.4. The molecule has 8 heteroatoms. The molecule has 26 heavy (non-hydrogen) atoms. The third-order valence-electron chi connectivity index (χ3n) is 4.51. The van der Waals surface area contributed by atoms with Gasteiger partial charge in [0, 0.05) is 36.3 Å². The van der Waals surface area contributed by atoms with Crippen molar-refractivity contribution in [2.45, 2.75) is 25.4 Å². The highest BCUT2D eigenvalue weighted by atomic mass is 35.5. The van der Waals surface area contributed by atoms with Crippen LogP contribution in [0.3, 0.4) is 0 Å². The van der Waals surface area contributed by atoms with Crippen LogP contribution >= 0.6 is 11.6 Å². The van der Waals surface area contributed by atoms with Crippen molar-refractivity contribution in [2.75, 3.05) is 34.2 Å². The Hall–Kier alpha value is -1.70. The predicted molar refractivity (Wildman–Crippen MR) is 99.6 cm³/mol. The summed E-state index contributed by atoms with van der Waals surface area (Å²) in [6, 6.07) is 5.01. The average Bonchev–Trinajstić information content (AvgIpc) is 2.77. The van der Waals surface area contributed by atoms with Crippen molar-refractivity contribution in [3.8, 4) is 0 Å². The van der Waals surface area contributed by atoms with Crippen LogP contribution in [0.1, 0.15) is 18.4 Å². The third-order valence-corrected chi connectivity index (χ3v) is 4.86. The largest absolute Gasteiger partial charge is 0.483 e. The number of rotatable bonds is 4. The fraction of sp³-hybridized carbons (Fsp3) is 0.556. The molecule has 0 bridgehead atoms. The van der Waals surface area contributed by atoms with Crippen LogP contribution in [0.5, 0.6) is 0 Å². The fourth-order valence-corrected chi connectivity index (χ4v) is 3.27. The molecule has 146 valence electrons. The Labute approximate surface area is 158 Å². The number of benzene rings is 1. The van der Waals surface area contributed by atoms with Crippen LogP contribution in [0.15, 0.2) is 18.2 Å². The SMILES string of the molecule is CN1C[C@H](C(=O)NCc2c(F)cccc2Cl)CC[C@H](N(C)C)C1.O=CO. The summed E-state index contributed by atoms with van der Waals surface area (Å²) < 4.78 is 13.8. The number of hydrogen-bond acceptors (Lipinski definition) is 4. The third kappa shape index (κ3) is 6.90. The predicted octanol–water partition coefficient (Wildman–Crippen LogP) is 2.07. The lowest BCUT2D eigenvalue weighted by molar-refractivity contribution is -0.126. The van der Waals surface area contributed by atoms with E-state index in [2.05, 4.69) is 29.2 Å². The van der Waals surface area contributed by atoms with Gasteiger partial charge in [0.15, 0.2) is 0 Å². The van der Waals surface area contributed by atoms with Gasteiger partial charge in [0.25, 0.3) is 6.47 Å². The molecule has 0 radical (unpaired) electrons. The zero-order valence-corrected chi connectivity index (χ0v) is 16.2. The Bertz CT molecular complexity index is 581. The van der Waals surface area contributed by atoms with Crippen LogP contribution in [0.4, 0.5) is 4.39 Å². The molecule has 0 aromatic heterocycles. The second kappa shape index (κ2) is 11.1. The number of halogens is 2. The molecule has 0 aliphatic carbocycles. The Morgan fingerprint density at radius 2 is 2.08 bits per heavy atom. The number of likely N-dealkylation sites (N-methyl/N-ethyl adjacent to an activating group) is 2. The van der Waals surface area contributed by atoms with Crippen molar-refractivity contribution >= 4 is 24.0 Å². The monoisotopic (exact) mass is 387 g/mol. The van der Waals surface area contributed by atoms with E-state index in [9.17, 15) is 9.18 Å². The van der Waals surface area contributed by atoms with Crippen LogP contribution in [-0.2, 0) is 16.1 Å². The number of nitrogens with zero attached hydrogens (tertiary/aromatic N) is 2. The molecular formula is C18H27ClFN3O3. The molecule has 1 fully saturated rings. The van der Waals surface area contributed by atoms with Crippen molar-refractivity contribution in [3.05, 3.63) is 34.6 Å². The lowest BCUT2D eigenvalue weighted by Gasteiger charge is -2.25. The number of amides is 1. The first-order valence-corrected chi connectivity index (χ1v) is 8.81. The summed E-state index contributed by atoms with van der Waals surface area (Å²) in [4.78, 5) is 25.2. The van der Waals surface area contributed by atoms with Crippen LogP contribution in [0, 0.1) is 11.7 Å². The summed E-state index contributed by atoms with van der Waals surface area (Å²) in [7, 11) is 6.17. The minimum absolute atomic E-state index is 0.0319. The number of likely N-dealkylation sites (tertiary alicyclic amines) is 1. The number of carboxylic acid groups (broad SMARTS) is 1. The molecule has 1 aromatic carbocycles. The minimum Gasteiger partial charge on any atom is -0.483 e. The molecule has 1 heterocycles. The Morgan fingerprint density at radius 1 is 1.42 bits per heavy atom. The second-order valence-corrected chi connectivity index (χ2v) is 7.04. The van der Waals surface area contributed by atoms with Gasteiger partial charge in [0.1, 0.15) is 5.82 Å². The van der Waals surface area contributed by atoms with E-state index in [1.807, 2.05) is 7.05 Å². The molecule has 1 aliphatic rings. The molecule has 2 rings (SSSR count). The molecule has 1 aliphatic heterocycles. The summed E-state index contributed by atoms with van der Waals surface area (Å²) in [5.41, 5.74) is 0.343. The molecule has 2 atom stereocenters. The van der Waals surface area contributed by atoms with Gasteiger partial charge in [-0.3, -0.25) is 9.59 Å². The fourth-order valence-electron chi connectivity index (χ4n) is 3.04. The highest BCUT2D eigenvalue weighted by Gasteiger charge is 2.27. The van der Waals surface area contributed by atoms with E-state index in [0.717, 1.165) is 25.9 Å². The summed E-state index contributed by atoms with van der Waals surface area (Å²) in [5.74, 6) is -0.491. The molecule has 1 amide bonds. The number of carbonyl (C=O) groups is 2. The normalized spacial score (nSPS) is 20.7. The van der Waals surface area contributed by atoms with Gasteiger partial charge in [-0.2, -0.15) is 0 Å².